The fourth-order valence-electron chi connectivity index (χ4n) is 3.93. The molecule has 0 fully saturated rings. The average Bonchev–Trinajstić information content (AvgIpc) is 3.05. The third kappa shape index (κ3) is 26.0. The van der Waals surface area contributed by atoms with Gasteiger partial charge in [0.15, 0.2) is 0 Å². The van der Waals surface area contributed by atoms with Crippen LogP contribution in [-0.4, -0.2) is 74.1 Å². The highest BCUT2D eigenvalue weighted by Gasteiger charge is 2.80. The second-order valence-electron chi connectivity index (χ2n) is 12.2. The number of hydrogen-bond donors (Lipinski definition) is 0. The first-order valence-corrected chi connectivity index (χ1v) is 18.0. The Morgan fingerprint density at radius 2 is 0.745 bits per heavy atom. The zero-order valence-electron chi connectivity index (χ0n) is 31.5. The van der Waals surface area contributed by atoms with Gasteiger partial charge < -0.3 is 14.2 Å². The molecule has 0 spiro atoms. The van der Waals surface area contributed by atoms with Gasteiger partial charge in [-0.3, -0.25) is 9.53 Å². The normalized spacial score (nSPS) is 13.4. The van der Waals surface area contributed by atoms with E-state index >= 15 is 0 Å². The maximum absolute atomic E-state index is 13.5. The van der Waals surface area contributed by atoms with Crippen LogP contribution in [0.15, 0.2) is 0 Å². The van der Waals surface area contributed by atoms with Crippen LogP contribution in [0.4, 0.5) is 61.5 Å². The Balaban J connectivity index is -0.000000821. The second-order valence-corrected chi connectivity index (χ2v) is 12.2. The Labute approximate surface area is 312 Å². The molecule has 0 saturated carbocycles. The average molecular weight is 841 g/mol. The summed E-state index contributed by atoms with van der Waals surface area (Å²) in [6.45, 7) is 6.65. The lowest BCUT2D eigenvalue weighted by atomic mass is 10.0. The van der Waals surface area contributed by atoms with Gasteiger partial charge in [-0.25, -0.2) is 9.59 Å². The molecule has 0 aromatic heterocycles. The number of hydrogen-bond acceptors (Lipinski definition) is 7. The molecule has 0 saturated heterocycles. The zero-order chi connectivity index (χ0) is 43.4. The summed E-state index contributed by atoms with van der Waals surface area (Å²) in [4.78, 5) is 31.5. The van der Waals surface area contributed by atoms with Gasteiger partial charge in [0.05, 0.1) is 19.8 Å². The van der Waals surface area contributed by atoms with Crippen molar-refractivity contribution in [1.29, 1.82) is 0 Å². The van der Waals surface area contributed by atoms with Crippen molar-refractivity contribution >= 4 is 17.9 Å². The van der Waals surface area contributed by atoms with E-state index in [9.17, 15) is 75.8 Å². The minimum atomic E-state index is -7.22. The van der Waals surface area contributed by atoms with E-state index in [4.69, 9.17) is 0 Å². The van der Waals surface area contributed by atoms with Crippen molar-refractivity contribution in [2.75, 3.05) is 19.8 Å². The van der Waals surface area contributed by atoms with Crippen LogP contribution in [0.2, 0.25) is 0 Å². The SMILES string of the molecule is CCCCCCCCCCCCCCCCOC(=O)C(F)(F)F.CCCCOC(=O)C(F)(OC(F)(F)C(F)(F)C(F)(F)F)C(F)(F)F.CCCCOC(C)=O. The summed E-state index contributed by atoms with van der Waals surface area (Å²) in [5.74, 6) is -18.9. The van der Waals surface area contributed by atoms with Crippen molar-refractivity contribution in [3.8, 4) is 0 Å². The van der Waals surface area contributed by atoms with Gasteiger partial charge in [0, 0.05) is 6.92 Å². The number of alkyl halides is 14. The molecule has 0 aliphatic carbocycles. The van der Waals surface area contributed by atoms with Crippen LogP contribution < -0.4 is 0 Å². The molecule has 0 radical (unpaired) electrons. The Kier molecular flexibility index (Phi) is 29.6. The molecule has 0 bridgehead atoms. The molecular formula is C34H54F14O7. The van der Waals surface area contributed by atoms with Crippen molar-refractivity contribution < 1.29 is 94.8 Å². The summed E-state index contributed by atoms with van der Waals surface area (Å²) >= 11 is 0. The second kappa shape index (κ2) is 28.7. The standard InChI is InChI=1S/C18H33F3O2.C10H9F11O3.C6H12O2/c1-2-3-4-5-6-7-8-9-10-11-12-13-14-15-16-23-17(22)18(19,20)21;1-2-3-4-23-5(22)6(11,8(14,15)16)24-10(20,21)7(12,13)9(17,18)19;1-3-4-5-8-6(2)7/h2-16H2,1H3;2-4H2,1H3;3-5H2,1-2H3. The van der Waals surface area contributed by atoms with E-state index in [-0.39, 0.29) is 25.4 Å². The van der Waals surface area contributed by atoms with Crippen LogP contribution in [0, 0.1) is 0 Å². The lowest BCUT2D eigenvalue weighted by molar-refractivity contribution is -0.475. The maximum atomic E-state index is 13.5. The Hall–Kier alpha value is -2.61. The van der Waals surface area contributed by atoms with Gasteiger partial charge in [0.25, 0.3) is 0 Å². The van der Waals surface area contributed by atoms with E-state index in [2.05, 4.69) is 28.1 Å². The Bertz CT molecular complexity index is 1020. The number of carbonyl (C=O) groups is 3. The summed E-state index contributed by atoms with van der Waals surface area (Å²) in [6, 6.07) is 0. The molecule has 0 aromatic carbocycles. The first kappa shape index (κ1) is 56.7. The number of ether oxygens (including phenoxy) is 4. The summed E-state index contributed by atoms with van der Waals surface area (Å²) < 4.78 is 187. The van der Waals surface area contributed by atoms with Crippen molar-refractivity contribution in [2.24, 2.45) is 0 Å². The predicted octanol–water partition coefficient (Wildman–Crippen LogP) is 12.3. The largest absolute Gasteiger partial charge is 0.490 e. The van der Waals surface area contributed by atoms with Crippen LogP contribution in [0.5, 0.6) is 0 Å². The highest BCUT2D eigenvalue weighted by atomic mass is 19.4. The van der Waals surface area contributed by atoms with Gasteiger partial charge in [-0.05, 0) is 19.3 Å². The quantitative estimate of drug-likeness (QED) is 0.0391. The molecular weight excluding hydrogens is 786 g/mol. The van der Waals surface area contributed by atoms with E-state index in [1.165, 1.54) is 78.1 Å². The Morgan fingerprint density at radius 1 is 0.418 bits per heavy atom. The molecule has 0 aliphatic rings. The highest BCUT2D eigenvalue weighted by Crippen LogP contribution is 2.51. The number of unbranched alkanes of at least 4 members (excludes halogenated alkanes) is 15. The van der Waals surface area contributed by atoms with Gasteiger partial charge in [-0.15, -0.1) is 0 Å². The number of halogens is 14. The molecule has 21 heteroatoms. The molecule has 0 heterocycles. The summed E-state index contributed by atoms with van der Waals surface area (Å²) in [6.07, 6.45) is -7.08. The summed E-state index contributed by atoms with van der Waals surface area (Å²) in [7, 11) is 0. The summed E-state index contributed by atoms with van der Waals surface area (Å²) in [5.41, 5.74) is 0. The van der Waals surface area contributed by atoms with E-state index in [1.54, 1.807) is 0 Å². The first-order chi connectivity index (χ1) is 25.2. The minimum absolute atomic E-state index is 0.129. The lowest BCUT2D eigenvalue weighted by Gasteiger charge is -2.33. The van der Waals surface area contributed by atoms with Crippen molar-refractivity contribution in [3.63, 3.8) is 0 Å². The van der Waals surface area contributed by atoms with Gasteiger partial charge in [-0.2, -0.15) is 61.5 Å². The molecule has 1 unspecified atom stereocenters. The third-order valence-electron chi connectivity index (χ3n) is 7.11. The van der Waals surface area contributed by atoms with Crippen LogP contribution in [0.3, 0.4) is 0 Å². The first-order valence-electron chi connectivity index (χ1n) is 18.0. The molecule has 330 valence electrons. The van der Waals surface area contributed by atoms with Crippen molar-refractivity contribution in [1.82, 2.24) is 0 Å². The third-order valence-corrected chi connectivity index (χ3v) is 7.11. The predicted molar refractivity (Wildman–Crippen MR) is 172 cm³/mol. The molecule has 7 nitrogen and oxygen atoms in total. The van der Waals surface area contributed by atoms with Crippen molar-refractivity contribution in [2.45, 2.75) is 180 Å². The fraction of sp³-hybridized carbons (Fsp3) is 0.912. The maximum Gasteiger partial charge on any atom is 0.490 e. The van der Waals surface area contributed by atoms with Crippen LogP contribution >= 0.6 is 0 Å². The van der Waals surface area contributed by atoms with E-state index < -0.39 is 55.0 Å². The van der Waals surface area contributed by atoms with Gasteiger partial charge >= 0.3 is 54.3 Å². The number of carbonyl (C=O) groups excluding carboxylic acids is 3. The lowest BCUT2D eigenvalue weighted by Crippen LogP contribution is -2.61. The monoisotopic (exact) mass is 840 g/mol. The van der Waals surface area contributed by atoms with Crippen LogP contribution in [0.1, 0.15) is 143 Å². The zero-order valence-corrected chi connectivity index (χ0v) is 31.5. The van der Waals surface area contributed by atoms with E-state index in [0.29, 0.717) is 13.0 Å². The summed E-state index contributed by atoms with van der Waals surface area (Å²) in [5, 5.41) is 0. The Morgan fingerprint density at radius 3 is 1.07 bits per heavy atom. The molecule has 55 heavy (non-hydrogen) atoms. The molecule has 0 amide bonds. The van der Waals surface area contributed by atoms with E-state index in [0.717, 1.165) is 32.1 Å². The fourth-order valence-corrected chi connectivity index (χ4v) is 3.93. The molecule has 0 N–H and O–H groups in total. The number of esters is 3. The molecule has 0 aromatic rings. The minimum Gasteiger partial charge on any atom is -0.466 e. The van der Waals surface area contributed by atoms with Gasteiger partial charge in [0.1, 0.15) is 0 Å². The molecule has 0 aliphatic heterocycles. The van der Waals surface area contributed by atoms with Gasteiger partial charge in [-0.1, -0.05) is 117 Å². The van der Waals surface area contributed by atoms with Crippen LogP contribution in [0.25, 0.3) is 0 Å². The molecule has 1 atom stereocenters. The van der Waals surface area contributed by atoms with Crippen molar-refractivity contribution in [3.05, 3.63) is 0 Å². The smallest absolute Gasteiger partial charge is 0.466 e. The topological polar surface area (TPSA) is 88.1 Å². The van der Waals surface area contributed by atoms with Gasteiger partial charge in [0.2, 0.25) is 0 Å². The highest BCUT2D eigenvalue weighted by molar-refractivity contribution is 5.79. The van der Waals surface area contributed by atoms with E-state index in [1.807, 2.05) is 4.74 Å². The number of rotatable bonds is 25. The molecule has 0 rings (SSSR count). The van der Waals surface area contributed by atoms with Crippen LogP contribution in [-0.2, 0) is 33.3 Å².